The lowest BCUT2D eigenvalue weighted by molar-refractivity contribution is 0.314. The first-order chi connectivity index (χ1) is 10.7. The molecule has 0 amide bonds. The first-order valence-corrected chi connectivity index (χ1v) is 7.38. The average molecular weight is 301 g/mol. The second kappa shape index (κ2) is 8.17. The van der Waals surface area contributed by atoms with Gasteiger partial charge in [-0.05, 0) is 43.2 Å². The molecule has 0 aliphatic heterocycles. The molecule has 2 aromatic carbocycles. The zero-order valence-electron chi connectivity index (χ0n) is 13.4. The van der Waals surface area contributed by atoms with Gasteiger partial charge in [0.15, 0.2) is 0 Å². The third kappa shape index (κ3) is 4.58. The highest BCUT2D eigenvalue weighted by Crippen LogP contribution is 2.28. The Morgan fingerprint density at radius 3 is 2.55 bits per heavy atom. The summed E-state index contributed by atoms with van der Waals surface area (Å²) in [5.41, 5.74) is 2.16. The topological polar surface area (TPSA) is 39.7 Å². The summed E-state index contributed by atoms with van der Waals surface area (Å²) in [6.07, 6.45) is 0.906. The molecule has 0 heterocycles. The lowest BCUT2D eigenvalue weighted by atomic mass is 10.2. The van der Waals surface area contributed by atoms with Crippen molar-refractivity contribution in [3.05, 3.63) is 48.0 Å². The molecule has 0 saturated heterocycles. The minimum atomic E-state index is 0.676. The van der Waals surface area contributed by atoms with Crippen molar-refractivity contribution in [2.24, 2.45) is 0 Å². The van der Waals surface area contributed by atoms with Gasteiger partial charge in [-0.2, -0.15) is 0 Å². The van der Waals surface area contributed by atoms with E-state index in [2.05, 4.69) is 18.3 Å². The van der Waals surface area contributed by atoms with Crippen molar-refractivity contribution in [2.45, 2.75) is 13.3 Å². The highest BCUT2D eigenvalue weighted by molar-refractivity contribution is 5.59. The van der Waals surface area contributed by atoms with Gasteiger partial charge in [-0.15, -0.1) is 0 Å². The monoisotopic (exact) mass is 301 g/mol. The van der Waals surface area contributed by atoms with Crippen LogP contribution in [0.15, 0.2) is 42.5 Å². The number of rotatable bonds is 8. The fourth-order valence-corrected chi connectivity index (χ4v) is 2.13. The molecule has 0 atom stereocenters. The molecule has 2 aromatic rings. The lowest BCUT2D eigenvalue weighted by Gasteiger charge is -2.13. The average Bonchev–Trinajstić information content (AvgIpc) is 2.54. The smallest absolute Gasteiger partial charge is 0.145 e. The van der Waals surface area contributed by atoms with Gasteiger partial charge >= 0.3 is 0 Å². The molecule has 0 spiro atoms. The molecule has 1 N–H and O–H groups in total. The molecule has 0 fully saturated rings. The van der Waals surface area contributed by atoms with Crippen LogP contribution >= 0.6 is 0 Å². The summed E-state index contributed by atoms with van der Waals surface area (Å²) >= 11 is 0. The molecular weight excluding hydrogens is 278 g/mol. The third-order valence-corrected chi connectivity index (χ3v) is 3.30. The summed E-state index contributed by atoms with van der Waals surface area (Å²) in [6, 6.07) is 13.8. The molecule has 0 radical (unpaired) electrons. The fraction of sp³-hybridized carbons (Fsp3) is 0.333. The van der Waals surface area contributed by atoms with E-state index in [-0.39, 0.29) is 0 Å². The van der Waals surface area contributed by atoms with Gasteiger partial charge in [0, 0.05) is 12.6 Å². The number of nitrogens with one attached hydrogen (secondary N) is 1. The van der Waals surface area contributed by atoms with Gasteiger partial charge in [0.25, 0.3) is 0 Å². The predicted octanol–water partition coefficient (Wildman–Crippen LogP) is 3.89. The second-order valence-electron chi connectivity index (χ2n) is 5.01. The standard InChI is InChI=1S/C18H23NO3/c1-14-6-4-7-16(12-14)22-11-5-10-19-17-9-8-15(20-2)13-18(17)21-3/h4,6-9,12-13,19H,5,10-11H2,1-3H3. The molecule has 0 saturated carbocycles. The number of benzene rings is 2. The Hall–Kier alpha value is -2.36. The zero-order valence-corrected chi connectivity index (χ0v) is 13.4. The first-order valence-electron chi connectivity index (χ1n) is 7.38. The summed E-state index contributed by atoms with van der Waals surface area (Å²) in [5.74, 6) is 2.48. The van der Waals surface area contributed by atoms with Gasteiger partial charge in [-0.1, -0.05) is 12.1 Å². The Labute approximate surface area is 132 Å². The molecule has 4 nitrogen and oxygen atoms in total. The molecule has 0 bridgehead atoms. The summed E-state index contributed by atoms with van der Waals surface area (Å²) in [5, 5.41) is 3.35. The summed E-state index contributed by atoms with van der Waals surface area (Å²) in [7, 11) is 3.30. The normalized spacial score (nSPS) is 10.1. The number of hydrogen-bond donors (Lipinski definition) is 1. The van der Waals surface area contributed by atoms with E-state index in [0.717, 1.165) is 35.9 Å². The highest BCUT2D eigenvalue weighted by Gasteiger charge is 2.04. The Morgan fingerprint density at radius 1 is 0.955 bits per heavy atom. The summed E-state index contributed by atoms with van der Waals surface area (Å²) in [6.45, 7) is 3.55. The van der Waals surface area contributed by atoms with Crippen LogP contribution in [0.1, 0.15) is 12.0 Å². The fourth-order valence-electron chi connectivity index (χ4n) is 2.13. The molecule has 0 aliphatic rings. The molecule has 0 aromatic heterocycles. The van der Waals surface area contributed by atoms with E-state index < -0.39 is 0 Å². The van der Waals surface area contributed by atoms with Crippen LogP contribution in [0, 0.1) is 6.92 Å². The van der Waals surface area contributed by atoms with Crippen molar-refractivity contribution in [3.63, 3.8) is 0 Å². The van der Waals surface area contributed by atoms with Gasteiger partial charge < -0.3 is 19.5 Å². The van der Waals surface area contributed by atoms with Crippen LogP contribution in [-0.2, 0) is 0 Å². The molecule has 4 heteroatoms. The zero-order chi connectivity index (χ0) is 15.8. The Bertz CT molecular complexity index is 599. The Morgan fingerprint density at radius 2 is 1.82 bits per heavy atom. The van der Waals surface area contributed by atoms with Crippen molar-refractivity contribution >= 4 is 5.69 Å². The minimum Gasteiger partial charge on any atom is -0.497 e. The van der Waals surface area contributed by atoms with Gasteiger partial charge in [0.05, 0.1) is 26.5 Å². The molecule has 118 valence electrons. The molecule has 0 aliphatic carbocycles. The quantitative estimate of drug-likeness (QED) is 0.751. The van der Waals surface area contributed by atoms with Crippen molar-refractivity contribution < 1.29 is 14.2 Å². The van der Waals surface area contributed by atoms with E-state index in [0.29, 0.717) is 6.61 Å². The van der Waals surface area contributed by atoms with Crippen LogP contribution in [0.5, 0.6) is 17.2 Å². The largest absolute Gasteiger partial charge is 0.497 e. The van der Waals surface area contributed by atoms with E-state index in [1.165, 1.54) is 5.56 Å². The maximum absolute atomic E-state index is 5.73. The van der Waals surface area contributed by atoms with E-state index >= 15 is 0 Å². The minimum absolute atomic E-state index is 0.676. The maximum Gasteiger partial charge on any atom is 0.145 e. The van der Waals surface area contributed by atoms with Crippen LogP contribution in [0.25, 0.3) is 0 Å². The van der Waals surface area contributed by atoms with Gasteiger partial charge in [0.2, 0.25) is 0 Å². The summed E-state index contributed by atoms with van der Waals surface area (Å²) < 4.78 is 16.3. The molecular formula is C18H23NO3. The first kappa shape index (κ1) is 16.0. The molecule has 22 heavy (non-hydrogen) atoms. The number of aryl methyl sites for hydroxylation is 1. The summed E-state index contributed by atoms with van der Waals surface area (Å²) in [4.78, 5) is 0. The number of methoxy groups -OCH3 is 2. The van der Waals surface area contributed by atoms with Gasteiger partial charge in [-0.25, -0.2) is 0 Å². The van der Waals surface area contributed by atoms with Gasteiger partial charge in [0.1, 0.15) is 17.2 Å². The van der Waals surface area contributed by atoms with Crippen LogP contribution in [-0.4, -0.2) is 27.4 Å². The van der Waals surface area contributed by atoms with E-state index in [4.69, 9.17) is 14.2 Å². The van der Waals surface area contributed by atoms with Crippen LogP contribution < -0.4 is 19.5 Å². The predicted molar refractivity (Wildman–Crippen MR) is 89.3 cm³/mol. The van der Waals surface area contributed by atoms with Crippen LogP contribution in [0.3, 0.4) is 0 Å². The third-order valence-electron chi connectivity index (χ3n) is 3.30. The Balaban J connectivity index is 1.77. The van der Waals surface area contributed by atoms with Crippen LogP contribution in [0.2, 0.25) is 0 Å². The molecule has 2 rings (SSSR count). The maximum atomic E-state index is 5.73. The van der Waals surface area contributed by atoms with Crippen molar-refractivity contribution in [1.29, 1.82) is 0 Å². The number of hydrogen-bond acceptors (Lipinski definition) is 4. The number of ether oxygens (including phenoxy) is 3. The van der Waals surface area contributed by atoms with Crippen molar-refractivity contribution in [1.82, 2.24) is 0 Å². The highest BCUT2D eigenvalue weighted by atomic mass is 16.5. The SMILES string of the molecule is COc1ccc(NCCCOc2cccc(C)c2)c(OC)c1. The van der Waals surface area contributed by atoms with E-state index in [1.807, 2.05) is 36.4 Å². The van der Waals surface area contributed by atoms with Crippen molar-refractivity contribution in [2.75, 3.05) is 32.7 Å². The van der Waals surface area contributed by atoms with E-state index in [1.54, 1.807) is 14.2 Å². The second-order valence-corrected chi connectivity index (χ2v) is 5.01. The Kier molecular flexibility index (Phi) is 5.95. The van der Waals surface area contributed by atoms with Crippen molar-refractivity contribution in [3.8, 4) is 17.2 Å². The van der Waals surface area contributed by atoms with Gasteiger partial charge in [-0.3, -0.25) is 0 Å². The number of anilines is 1. The lowest BCUT2D eigenvalue weighted by Crippen LogP contribution is -2.08. The molecule has 0 unspecified atom stereocenters. The van der Waals surface area contributed by atoms with Crippen LogP contribution in [0.4, 0.5) is 5.69 Å². The van der Waals surface area contributed by atoms with E-state index in [9.17, 15) is 0 Å².